The molecule has 1 heterocycles. The van der Waals surface area contributed by atoms with Crippen molar-refractivity contribution in [3.05, 3.63) is 48.0 Å². The second-order valence-corrected chi connectivity index (χ2v) is 6.04. The lowest BCUT2D eigenvalue weighted by Crippen LogP contribution is -2.50. The molecule has 2 amide bonds. The van der Waals surface area contributed by atoms with Crippen LogP contribution in [0.3, 0.4) is 0 Å². The number of rotatable bonds is 4. The number of anilines is 2. The number of nitrogens with zero attached hydrogens (tertiary/aromatic N) is 2. The Bertz CT molecular complexity index is 804. The number of nitrogens with one attached hydrogen (secondary N) is 1. The summed E-state index contributed by atoms with van der Waals surface area (Å²) in [6, 6.07) is 8.60. The monoisotopic (exact) mass is 377 g/mol. The van der Waals surface area contributed by atoms with Gasteiger partial charge >= 0.3 is 6.03 Å². The quantitative estimate of drug-likeness (QED) is 0.888. The number of halogens is 2. The maximum atomic E-state index is 13.9. The molecule has 0 aromatic heterocycles. The Morgan fingerprint density at radius 2 is 1.59 bits per heavy atom. The van der Waals surface area contributed by atoms with Crippen molar-refractivity contribution in [1.29, 1.82) is 0 Å². The number of para-hydroxylation sites is 1. The van der Waals surface area contributed by atoms with E-state index in [0.29, 0.717) is 43.4 Å². The van der Waals surface area contributed by atoms with Gasteiger partial charge in [0.25, 0.3) is 0 Å². The summed E-state index contributed by atoms with van der Waals surface area (Å²) in [5.74, 6) is -0.123. The predicted octanol–water partition coefficient (Wildman–Crippen LogP) is 3.34. The molecule has 1 saturated heterocycles. The Balaban J connectivity index is 1.62. The van der Waals surface area contributed by atoms with Crippen molar-refractivity contribution in [1.82, 2.24) is 4.90 Å². The van der Waals surface area contributed by atoms with Crippen LogP contribution in [-0.4, -0.2) is 51.3 Å². The molecular formula is C19H21F2N3O3. The van der Waals surface area contributed by atoms with E-state index in [1.54, 1.807) is 28.0 Å². The van der Waals surface area contributed by atoms with Crippen LogP contribution in [0.2, 0.25) is 0 Å². The molecule has 2 aromatic carbocycles. The van der Waals surface area contributed by atoms with Crippen LogP contribution in [0.4, 0.5) is 25.0 Å². The Morgan fingerprint density at radius 1 is 0.963 bits per heavy atom. The lowest BCUT2D eigenvalue weighted by atomic mass is 10.2. The van der Waals surface area contributed by atoms with Gasteiger partial charge in [0.05, 0.1) is 14.2 Å². The molecule has 0 saturated carbocycles. The molecule has 0 unspecified atom stereocenters. The largest absolute Gasteiger partial charge is 0.493 e. The van der Waals surface area contributed by atoms with E-state index in [2.05, 4.69) is 5.32 Å². The molecule has 2 aromatic rings. The first-order chi connectivity index (χ1) is 13.0. The van der Waals surface area contributed by atoms with Crippen molar-refractivity contribution in [3.63, 3.8) is 0 Å². The van der Waals surface area contributed by atoms with Crippen LogP contribution in [-0.2, 0) is 0 Å². The van der Waals surface area contributed by atoms with Crippen LogP contribution in [0.25, 0.3) is 0 Å². The fourth-order valence-electron chi connectivity index (χ4n) is 3.04. The Kier molecular flexibility index (Phi) is 5.63. The van der Waals surface area contributed by atoms with Gasteiger partial charge in [-0.15, -0.1) is 0 Å². The van der Waals surface area contributed by atoms with E-state index in [1.807, 2.05) is 0 Å². The first-order valence-electron chi connectivity index (χ1n) is 8.50. The third-order valence-corrected chi connectivity index (χ3v) is 4.46. The zero-order chi connectivity index (χ0) is 19.4. The van der Waals surface area contributed by atoms with Crippen LogP contribution in [0.15, 0.2) is 36.4 Å². The fourth-order valence-corrected chi connectivity index (χ4v) is 3.04. The molecule has 8 heteroatoms. The maximum Gasteiger partial charge on any atom is 0.321 e. The first-order valence-corrected chi connectivity index (χ1v) is 8.50. The van der Waals surface area contributed by atoms with Crippen LogP contribution < -0.4 is 19.7 Å². The van der Waals surface area contributed by atoms with Gasteiger partial charge < -0.3 is 24.6 Å². The van der Waals surface area contributed by atoms with Crippen molar-refractivity contribution in [3.8, 4) is 11.5 Å². The number of carbonyl (C=O) groups is 1. The van der Waals surface area contributed by atoms with E-state index in [4.69, 9.17) is 9.47 Å². The highest BCUT2D eigenvalue weighted by atomic mass is 19.1. The Labute approximate surface area is 156 Å². The minimum atomic E-state index is -0.599. The highest BCUT2D eigenvalue weighted by molar-refractivity contribution is 5.90. The summed E-state index contributed by atoms with van der Waals surface area (Å²) >= 11 is 0. The lowest BCUT2D eigenvalue weighted by Gasteiger charge is -2.36. The van der Waals surface area contributed by atoms with Gasteiger partial charge in [-0.1, -0.05) is 6.07 Å². The van der Waals surface area contributed by atoms with E-state index < -0.39 is 11.6 Å². The van der Waals surface area contributed by atoms with Crippen molar-refractivity contribution >= 4 is 17.4 Å². The van der Waals surface area contributed by atoms with E-state index in [-0.39, 0.29) is 11.7 Å². The van der Waals surface area contributed by atoms with Gasteiger partial charge in [0, 0.05) is 37.9 Å². The third-order valence-electron chi connectivity index (χ3n) is 4.46. The molecule has 1 aliphatic heterocycles. The fraction of sp³-hybridized carbons (Fsp3) is 0.316. The molecule has 0 radical (unpaired) electrons. The molecule has 1 aliphatic rings. The number of piperazine rings is 1. The van der Waals surface area contributed by atoms with Gasteiger partial charge in [-0.05, 0) is 24.3 Å². The first kappa shape index (κ1) is 18.8. The molecule has 1 N–H and O–H groups in total. The van der Waals surface area contributed by atoms with E-state index in [0.717, 1.165) is 0 Å². The summed E-state index contributed by atoms with van der Waals surface area (Å²) < 4.78 is 38.2. The molecule has 3 rings (SSSR count). The molecule has 6 nitrogen and oxygen atoms in total. The molecule has 1 fully saturated rings. The van der Waals surface area contributed by atoms with Crippen molar-refractivity contribution < 1.29 is 23.0 Å². The van der Waals surface area contributed by atoms with Gasteiger partial charge in [-0.3, -0.25) is 0 Å². The van der Waals surface area contributed by atoms with E-state index >= 15 is 0 Å². The Morgan fingerprint density at radius 3 is 2.19 bits per heavy atom. The van der Waals surface area contributed by atoms with Crippen LogP contribution in [0, 0.1) is 11.6 Å². The number of amides is 2. The Hall–Kier alpha value is -3.03. The molecule has 0 aliphatic carbocycles. The minimum Gasteiger partial charge on any atom is -0.493 e. The molecule has 0 bridgehead atoms. The van der Waals surface area contributed by atoms with E-state index in [1.165, 1.54) is 32.4 Å². The molecule has 0 atom stereocenters. The van der Waals surface area contributed by atoms with E-state index in [9.17, 15) is 13.6 Å². The third kappa shape index (κ3) is 4.05. The van der Waals surface area contributed by atoms with Crippen molar-refractivity contribution in [2.45, 2.75) is 0 Å². The number of hydrogen-bond acceptors (Lipinski definition) is 4. The SMILES string of the molecule is COc1ccc(NC(=O)N2CCN(c3c(F)cccc3F)CC2)cc1OC. The molecule has 144 valence electrons. The average molecular weight is 377 g/mol. The van der Waals surface area contributed by atoms with Crippen LogP contribution in [0.1, 0.15) is 0 Å². The topological polar surface area (TPSA) is 54.0 Å². The van der Waals surface area contributed by atoms with Gasteiger partial charge in [0.2, 0.25) is 0 Å². The molecular weight excluding hydrogens is 356 g/mol. The van der Waals surface area contributed by atoms with Gasteiger partial charge in [0.15, 0.2) is 11.5 Å². The average Bonchev–Trinajstić information content (AvgIpc) is 2.68. The normalized spacial score (nSPS) is 14.1. The van der Waals surface area contributed by atoms with Crippen LogP contribution in [0.5, 0.6) is 11.5 Å². The second-order valence-electron chi connectivity index (χ2n) is 6.04. The second kappa shape index (κ2) is 8.11. The maximum absolute atomic E-state index is 13.9. The number of benzene rings is 2. The highest BCUT2D eigenvalue weighted by Gasteiger charge is 2.25. The zero-order valence-corrected chi connectivity index (χ0v) is 15.2. The van der Waals surface area contributed by atoms with Crippen molar-refractivity contribution in [2.75, 3.05) is 50.6 Å². The molecule has 0 spiro atoms. The minimum absolute atomic E-state index is 0.0440. The predicted molar refractivity (Wildman–Crippen MR) is 98.7 cm³/mol. The van der Waals surface area contributed by atoms with Crippen molar-refractivity contribution in [2.24, 2.45) is 0 Å². The number of methoxy groups -OCH3 is 2. The van der Waals surface area contributed by atoms with Crippen LogP contribution >= 0.6 is 0 Å². The molecule has 27 heavy (non-hydrogen) atoms. The lowest BCUT2D eigenvalue weighted by molar-refractivity contribution is 0.208. The highest BCUT2D eigenvalue weighted by Crippen LogP contribution is 2.30. The number of ether oxygens (including phenoxy) is 2. The number of carbonyl (C=O) groups excluding carboxylic acids is 1. The zero-order valence-electron chi connectivity index (χ0n) is 15.2. The van der Waals surface area contributed by atoms with Gasteiger partial charge in [-0.25, -0.2) is 13.6 Å². The standard InChI is InChI=1S/C19H21F2N3O3/c1-26-16-7-6-13(12-17(16)27-2)22-19(25)24-10-8-23(9-11-24)18-14(20)4-3-5-15(18)21/h3-7,12H,8-11H2,1-2H3,(H,22,25). The summed E-state index contributed by atoms with van der Waals surface area (Å²) in [6.07, 6.45) is 0. The smallest absolute Gasteiger partial charge is 0.321 e. The summed E-state index contributed by atoms with van der Waals surface area (Å²) in [6.45, 7) is 1.40. The summed E-state index contributed by atoms with van der Waals surface area (Å²) in [5.41, 5.74) is 0.526. The summed E-state index contributed by atoms with van der Waals surface area (Å²) in [4.78, 5) is 15.7. The van der Waals surface area contributed by atoms with Gasteiger partial charge in [-0.2, -0.15) is 0 Å². The number of urea groups is 1. The summed E-state index contributed by atoms with van der Waals surface area (Å²) in [7, 11) is 3.05. The summed E-state index contributed by atoms with van der Waals surface area (Å²) in [5, 5.41) is 2.80. The number of hydrogen-bond donors (Lipinski definition) is 1. The van der Waals surface area contributed by atoms with Gasteiger partial charge in [0.1, 0.15) is 17.3 Å².